The minimum atomic E-state index is -0.0358. The lowest BCUT2D eigenvalue weighted by atomic mass is 10.1. The van der Waals surface area contributed by atoms with Gasteiger partial charge in [0.1, 0.15) is 5.71 Å². The Morgan fingerprint density at radius 2 is 2.07 bits per heavy atom. The fraction of sp³-hybridized carbons (Fsp3) is 0.333. The van der Waals surface area contributed by atoms with Crippen LogP contribution in [-0.2, 0) is 4.79 Å². The molecule has 1 aliphatic rings. The SMILES string of the molecule is CC(=NO)C(=O)[C@@H]1C[C@H]1c1ccccc1. The first-order chi connectivity index (χ1) is 7.24. The summed E-state index contributed by atoms with van der Waals surface area (Å²) in [6, 6.07) is 9.97. The van der Waals surface area contributed by atoms with E-state index in [2.05, 4.69) is 5.16 Å². The maximum atomic E-state index is 11.6. The molecule has 0 aliphatic heterocycles. The zero-order valence-corrected chi connectivity index (χ0v) is 8.55. The van der Waals surface area contributed by atoms with Gasteiger partial charge in [-0.25, -0.2) is 0 Å². The van der Waals surface area contributed by atoms with Gasteiger partial charge in [-0.15, -0.1) is 0 Å². The van der Waals surface area contributed by atoms with Crippen LogP contribution < -0.4 is 0 Å². The molecule has 0 bridgehead atoms. The van der Waals surface area contributed by atoms with Crippen LogP contribution in [0.4, 0.5) is 0 Å². The molecule has 0 unspecified atom stereocenters. The lowest BCUT2D eigenvalue weighted by molar-refractivity contribution is -0.114. The molecule has 0 amide bonds. The van der Waals surface area contributed by atoms with Crippen LogP contribution in [0.1, 0.15) is 24.8 Å². The predicted octanol–water partition coefficient (Wildman–Crippen LogP) is 2.21. The Morgan fingerprint density at radius 1 is 1.40 bits per heavy atom. The van der Waals surface area contributed by atoms with Gasteiger partial charge in [-0.1, -0.05) is 35.5 Å². The third-order valence-electron chi connectivity index (χ3n) is 2.86. The molecule has 0 aromatic heterocycles. The van der Waals surface area contributed by atoms with Crippen LogP contribution in [0, 0.1) is 5.92 Å². The van der Waals surface area contributed by atoms with E-state index in [-0.39, 0.29) is 17.4 Å². The molecule has 0 radical (unpaired) electrons. The molecule has 1 saturated carbocycles. The Hall–Kier alpha value is -1.64. The van der Waals surface area contributed by atoms with Crippen molar-refractivity contribution in [2.24, 2.45) is 11.1 Å². The number of oxime groups is 1. The second kappa shape index (κ2) is 3.85. The van der Waals surface area contributed by atoms with Gasteiger partial charge >= 0.3 is 0 Å². The maximum Gasteiger partial charge on any atom is 0.183 e. The van der Waals surface area contributed by atoms with Gasteiger partial charge in [0, 0.05) is 5.92 Å². The van der Waals surface area contributed by atoms with E-state index in [0.717, 1.165) is 6.42 Å². The van der Waals surface area contributed by atoms with Crippen molar-refractivity contribution in [2.45, 2.75) is 19.3 Å². The summed E-state index contributed by atoms with van der Waals surface area (Å²) in [5, 5.41) is 11.5. The predicted molar refractivity (Wildman–Crippen MR) is 57.2 cm³/mol. The van der Waals surface area contributed by atoms with Crippen molar-refractivity contribution in [3.63, 3.8) is 0 Å². The smallest absolute Gasteiger partial charge is 0.183 e. The molecular formula is C12H13NO2. The molecule has 2 atom stereocenters. The molecule has 1 aromatic carbocycles. The number of hydrogen-bond acceptors (Lipinski definition) is 3. The Labute approximate surface area is 88.4 Å². The van der Waals surface area contributed by atoms with Crippen molar-refractivity contribution in [1.82, 2.24) is 0 Å². The first-order valence-corrected chi connectivity index (χ1v) is 5.02. The molecule has 0 saturated heterocycles. The van der Waals surface area contributed by atoms with Crippen LogP contribution in [-0.4, -0.2) is 16.7 Å². The monoisotopic (exact) mass is 203 g/mol. The van der Waals surface area contributed by atoms with Gasteiger partial charge in [0.05, 0.1) is 0 Å². The Bertz CT molecular complexity index is 397. The maximum absolute atomic E-state index is 11.6. The van der Waals surface area contributed by atoms with Crippen LogP contribution in [0.25, 0.3) is 0 Å². The number of carbonyl (C=O) groups is 1. The van der Waals surface area contributed by atoms with Crippen LogP contribution >= 0.6 is 0 Å². The summed E-state index contributed by atoms with van der Waals surface area (Å²) in [4.78, 5) is 11.6. The van der Waals surface area contributed by atoms with E-state index in [1.165, 1.54) is 5.56 Å². The van der Waals surface area contributed by atoms with E-state index in [9.17, 15) is 4.79 Å². The Kier molecular flexibility index (Phi) is 2.54. The van der Waals surface area contributed by atoms with E-state index in [0.29, 0.717) is 5.92 Å². The highest BCUT2D eigenvalue weighted by Gasteiger charge is 2.44. The van der Waals surface area contributed by atoms with E-state index in [1.54, 1.807) is 6.92 Å². The van der Waals surface area contributed by atoms with Crippen molar-refractivity contribution in [3.8, 4) is 0 Å². The van der Waals surface area contributed by atoms with E-state index in [4.69, 9.17) is 5.21 Å². The number of rotatable bonds is 3. The zero-order valence-electron chi connectivity index (χ0n) is 8.55. The quantitative estimate of drug-likeness (QED) is 0.465. The van der Waals surface area contributed by atoms with Gasteiger partial charge in [-0.2, -0.15) is 0 Å². The van der Waals surface area contributed by atoms with Crippen molar-refractivity contribution >= 4 is 11.5 Å². The summed E-state index contributed by atoms with van der Waals surface area (Å²) < 4.78 is 0. The summed E-state index contributed by atoms with van der Waals surface area (Å²) >= 11 is 0. The first-order valence-electron chi connectivity index (χ1n) is 5.02. The summed E-state index contributed by atoms with van der Waals surface area (Å²) in [7, 11) is 0. The highest BCUT2D eigenvalue weighted by Crippen LogP contribution is 2.47. The molecule has 1 fully saturated rings. The largest absolute Gasteiger partial charge is 0.411 e. The van der Waals surface area contributed by atoms with E-state index in [1.807, 2.05) is 30.3 Å². The number of nitrogens with zero attached hydrogens (tertiary/aromatic N) is 1. The third kappa shape index (κ3) is 1.91. The van der Waals surface area contributed by atoms with E-state index < -0.39 is 0 Å². The van der Waals surface area contributed by atoms with Crippen molar-refractivity contribution < 1.29 is 10.0 Å². The highest BCUT2D eigenvalue weighted by molar-refractivity contribution is 6.40. The lowest BCUT2D eigenvalue weighted by Gasteiger charge is -1.98. The van der Waals surface area contributed by atoms with Gasteiger partial charge in [0.2, 0.25) is 0 Å². The average Bonchev–Trinajstić information content (AvgIpc) is 3.08. The summed E-state index contributed by atoms with van der Waals surface area (Å²) in [5.74, 6) is 0.296. The molecule has 0 heterocycles. The van der Waals surface area contributed by atoms with Gasteiger partial charge in [-0.05, 0) is 24.8 Å². The molecule has 0 spiro atoms. The topological polar surface area (TPSA) is 49.7 Å². The fourth-order valence-electron chi connectivity index (χ4n) is 1.87. The van der Waals surface area contributed by atoms with Crippen molar-refractivity contribution in [1.29, 1.82) is 0 Å². The minimum Gasteiger partial charge on any atom is -0.411 e. The van der Waals surface area contributed by atoms with Gasteiger partial charge in [-0.3, -0.25) is 4.79 Å². The van der Waals surface area contributed by atoms with Gasteiger partial charge < -0.3 is 5.21 Å². The number of benzene rings is 1. The number of hydrogen-bond donors (Lipinski definition) is 1. The Morgan fingerprint density at radius 3 is 2.67 bits per heavy atom. The number of carbonyl (C=O) groups excluding carboxylic acids is 1. The first kappa shape index (κ1) is 9.90. The molecule has 3 heteroatoms. The third-order valence-corrected chi connectivity index (χ3v) is 2.86. The van der Waals surface area contributed by atoms with E-state index >= 15 is 0 Å². The van der Waals surface area contributed by atoms with Crippen LogP contribution in [0.2, 0.25) is 0 Å². The van der Waals surface area contributed by atoms with Crippen LogP contribution in [0.5, 0.6) is 0 Å². The van der Waals surface area contributed by atoms with Gasteiger partial charge in [0.15, 0.2) is 5.78 Å². The molecular weight excluding hydrogens is 190 g/mol. The zero-order chi connectivity index (χ0) is 10.8. The summed E-state index contributed by atoms with van der Waals surface area (Å²) in [6.45, 7) is 1.54. The molecule has 1 N–H and O–H groups in total. The molecule has 78 valence electrons. The Balaban J connectivity index is 2.06. The number of Topliss-reactive ketones (excluding diaryl/α,β-unsaturated/α-hetero) is 1. The number of ketones is 1. The second-order valence-electron chi connectivity index (χ2n) is 3.91. The molecule has 2 rings (SSSR count). The lowest BCUT2D eigenvalue weighted by Crippen LogP contribution is -2.13. The molecule has 3 nitrogen and oxygen atoms in total. The molecule has 15 heavy (non-hydrogen) atoms. The second-order valence-corrected chi connectivity index (χ2v) is 3.91. The average molecular weight is 203 g/mol. The van der Waals surface area contributed by atoms with Gasteiger partial charge in [0.25, 0.3) is 0 Å². The molecule has 1 aliphatic carbocycles. The summed E-state index contributed by atoms with van der Waals surface area (Å²) in [6.07, 6.45) is 0.871. The highest BCUT2D eigenvalue weighted by atomic mass is 16.4. The molecule has 1 aromatic rings. The minimum absolute atomic E-state index is 0.0169. The summed E-state index contributed by atoms with van der Waals surface area (Å²) in [5.41, 5.74) is 1.40. The van der Waals surface area contributed by atoms with Crippen LogP contribution in [0.3, 0.4) is 0 Å². The fourth-order valence-corrected chi connectivity index (χ4v) is 1.87. The van der Waals surface area contributed by atoms with Crippen LogP contribution in [0.15, 0.2) is 35.5 Å². The van der Waals surface area contributed by atoms with Crippen molar-refractivity contribution in [3.05, 3.63) is 35.9 Å². The van der Waals surface area contributed by atoms with Crippen molar-refractivity contribution in [2.75, 3.05) is 0 Å². The standard InChI is InChI=1S/C12H13NO2/c1-8(13-15)12(14)11-7-10(11)9-5-3-2-4-6-9/h2-6,10-11,15H,7H2,1H3/t10-,11+/m0/s1. The normalized spacial score (nSPS) is 25.0.